The molecule has 1 heterocycles. The monoisotopic (exact) mass is 394 g/mol. The molecule has 1 aliphatic rings. The van der Waals surface area contributed by atoms with E-state index in [0.29, 0.717) is 12.8 Å². The van der Waals surface area contributed by atoms with Gasteiger partial charge in [-0.05, 0) is 37.1 Å². The molecule has 29 heavy (non-hydrogen) atoms. The molecule has 0 saturated carbocycles. The van der Waals surface area contributed by atoms with Crippen molar-refractivity contribution in [1.29, 1.82) is 0 Å². The summed E-state index contributed by atoms with van der Waals surface area (Å²) in [6, 6.07) is 17.4. The second-order valence-electron chi connectivity index (χ2n) is 7.46. The molecule has 0 unspecified atom stereocenters. The molecule has 1 fully saturated rings. The number of hydrogen-bond donors (Lipinski definition) is 0. The highest BCUT2D eigenvalue weighted by Crippen LogP contribution is 2.14. The lowest BCUT2D eigenvalue weighted by molar-refractivity contribution is -0.132. The summed E-state index contributed by atoms with van der Waals surface area (Å²) in [6.07, 6.45) is 2.73. The van der Waals surface area contributed by atoms with Gasteiger partial charge < -0.3 is 9.64 Å². The third kappa shape index (κ3) is 6.43. The lowest BCUT2D eigenvalue weighted by Crippen LogP contribution is -2.48. The molecular formula is C24H30N2O3. The lowest BCUT2D eigenvalue weighted by atomic mass is 10.1. The van der Waals surface area contributed by atoms with Crippen LogP contribution in [0.15, 0.2) is 54.6 Å². The van der Waals surface area contributed by atoms with Gasteiger partial charge in [0.05, 0.1) is 7.11 Å². The zero-order chi connectivity index (χ0) is 20.5. The topological polar surface area (TPSA) is 49.9 Å². The van der Waals surface area contributed by atoms with Crippen molar-refractivity contribution < 1.29 is 14.3 Å². The van der Waals surface area contributed by atoms with Crippen LogP contribution in [0.5, 0.6) is 5.75 Å². The molecule has 5 nitrogen and oxygen atoms in total. The van der Waals surface area contributed by atoms with Crippen molar-refractivity contribution in [3.8, 4) is 5.75 Å². The molecule has 0 aliphatic carbocycles. The number of piperazine rings is 1. The summed E-state index contributed by atoms with van der Waals surface area (Å²) in [5.74, 6) is 1.26. The first-order valence-corrected chi connectivity index (χ1v) is 10.4. The number of carbonyl (C=O) groups is 2. The Morgan fingerprint density at radius 3 is 2.24 bits per heavy atom. The van der Waals surface area contributed by atoms with Gasteiger partial charge in [-0.3, -0.25) is 14.5 Å². The minimum Gasteiger partial charge on any atom is -0.497 e. The molecular weight excluding hydrogens is 364 g/mol. The molecule has 1 aliphatic heterocycles. The van der Waals surface area contributed by atoms with E-state index in [0.717, 1.165) is 62.4 Å². The van der Waals surface area contributed by atoms with Crippen LogP contribution in [0, 0.1) is 0 Å². The van der Waals surface area contributed by atoms with Crippen LogP contribution >= 0.6 is 0 Å². The van der Waals surface area contributed by atoms with Gasteiger partial charge in [0.2, 0.25) is 5.91 Å². The molecule has 1 amide bonds. The second kappa shape index (κ2) is 10.8. The van der Waals surface area contributed by atoms with Gasteiger partial charge in [0.25, 0.3) is 0 Å². The Hall–Kier alpha value is -2.66. The van der Waals surface area contributed by atoms with Crippen LogP contribution in [0.3, 0.4) is 0 Å². The van der Waals surface area contributed by atoms with Gasteiger partial charge in [-0.2, -0.15) is 0 Å². The van der Waals surface area contributed by atoms with Crippen molar-refractivity contribution in [3.63, 3.8) is 0 Å². The second-order valence-corrected chi connectivity index (χ2v) is 7.46. The minimum atomic E-state index is 0.206. The average Bonchev–Trinajstić information content (AvgIpc) is 2.78. The lowest BCUT2D eigenvalue weighted by Gasteiger charge is -2.34. The van der Waals surface area contributed by atoms with Crippen molar-refractivity contribution >= 4 is 11.7 Å². The van der Waals surface area contributed by atoms with E-state index < -0.39 is 0 Å². The maximum Gasteiger partial charge on any atom is 0.222 e. The molecule has 2 aromatic carbocycles. The van der Waals surface area contributed by atoms with Gasteiger partial charge in [0.1, 0.15) is 5.75 Å². The maximum absolute atomic E-state index is 12.5. The number of rotatable bonds is 9. The van der Waals surface area contributed by atoms with Crippen LogP contribution in [0.25, 0.3) is 0 Å². The number of ketones is 1. The van der Waals surface area contributed by atoms with Crippen LogP contribution in [0.4, 0.5) is 0 Å². The first-order chi connectivity index (χ1) is 14.2. The number of Topliss-reactive ketones (excluding diaryl/α,β-unsaturated/α-hetero) is 1. The molecule has 0 radical (unpaired) electrons. The van der Waals surface area contributed by atoms with Gasteiger partial charge in [-0.15, -0.1) is 0 Å². The molecule has 0 aromatic heterocycles. The van der Waals surface area contributed by atoms with E-state index in [1.165, 1.54) is 0 Å². The number of nitrogens with zero attached hydrogens (tertiary/aromatic N) is 2. The third-order valence-corrected chi connectivity index (χ3v) is 5.49. The first kappa shape index (κ1) is 21.1. The minimum absolute atomic E-state index is 0.206. The zero-order valence-electron chi connectivity index (χ0n) is 17.2. The van der Waals surface area contributed by atoms with Gasteiger partial charge in [-0.1, -0.05) is 42.5 Å². The third-order valence-electron chi connectivity index (χ3n) is 5.49. The predicted molar refractivity (Wildman–Crippen MR) is 114 cm³/mol. The number of methoxy groups -OCH3 is 1. The van der Waals surface area contributed by atoms with E-state index in [9.17, 15) is 9.59 Å². The number of ether oxygens (including phenoxy) is 1. The molecule has 0 atom stereocenters. The molecule has 2 aromatic rings. The van der Waals surface area contributed by atoms with Crippen LogP contribution in [-0.2, 0) is 11.2 Å². The maximum atomic E-state index is 12.5. The van der Waals surface area contributed by atoms with Crippen LogP contribution in [0.1, 0.15) is 35.2 Å². The Morgan fingerprint density at radius 2 is 1.59 bits per heavy atom. The fourth-order valence-corrected chi connectivity index (χ4v) is 3.65. The van der Waals surface area contributed by atoms with Crippen LogP contribution in [-0.4, -0.2) is 61.3 Å². The van der Waals surface area contributed by atoms with E-state index in [1.54, 1.807) is 7.11 Å². The Bertz CT molecular complexity index is 782. The van der Waals surface area contributed by atoms with Gasteiger partial charge in [0.15, 0.2) is 5.78 Å². The summed E-state index contributed by atoms with van der Waals surface area (Å²) < 4.78 is 5.16. The fourth-order valence-electron chi connectivity index (χ4n) is 3.65. The highest BCUT2D eigenvalue weighted by molar-refractivity contribution is 5.95. The zero-order valence-corrected chi connectivity index (χ0v) is 17.2. The summed E-state index contributed by atoms with van der Waals surface area (Å²) >= 11 is 0. The first-order valence-electron chi connectivity index (χ1n) is 10.4. The highest BCUT2D eigenvalue weighted by atomic mass is 16.5. The summed E-state index contributed by atoms with van der Waals surface area (Å²) in [4.78, 5) is 29.0. The summed E-state index contributed by atoms with van der Waals surface area (Å²) in [5, 5.41) is 0. The summed E-state index contributed by atoms with van der Waals surface area (Å²) in [6.45, 7) is 4.22. The molecule has 0 bridgehead atoms. The Labute approximate surface area is 173 Å². The van der Waals surface area contributed by atoms with Gasteiger partial charge >= 0.3 is 0 Å². The molecule has 1 saturated heterocycles. The van der Waals surface area contributed by atoms with Crippen molar-refractivity contribution in [2.24, 2.45) is 0 Å². The number of benzene rings is 2. The van der Waals surface area contributed by atoms with Crippen molar-refractivity contribution in [2.45, 2.75) is 25.7 Å². The quantitative estimate of drug-likeness (QED) is 0.612. The van der Waals surface area contributed by atoms with E-state index in [2.05, 4.69) is 4.90 Å². The average molecular weight is 395 g/mol. The Balaban J connectivity index is 1.33. The molecule has 3 rings (SSSR count). The SMILES string of the molecule is COc1ccc(CCC(=O)N2CCN(CCCC(=O)c3ccccc3)CC2)cc1. The standard InChI is InChI=1S/C24H30N2O3/c1-29-22-12-9-20(10-13-22)11-14-24(28)26-18-16-25(17-19-26)15-5-8-23(27)21-6-3-2-4-7-21/h2-4,6-7,9-10,12-13H,5,8,11,14-19H2,1H3. The largest absolute Gasteiger partial charge is 0.497 e. The summed E-state index contributed by atoms with van der Waals surface area (Å²) in [7, 11) is 1.65. The summed E-state index contributed by atoms with van der Waals surface area (Å²) in [5.41, 5.74) is 1.95. The number of carbonyl (C=O) groups excluding carboxylic acids is 2. The molecule has 154 valence electrons. The fraction of sp³-hybridized carbons (Fsp3) is 0.417. The van der Waals surface area contributed by atoms with E-state index >= 15 is 0 Å². The van der Waals surface area contributed by atoms with Crippen molar-refractivity contribution in [2.75, 3.05) is 39.8 Å². The molecule has 0 N–H and O–H groups in total. The van der Waals surface area contributed by atoms with E-state index in [-0.39, 0.29) is 11.7 Å². The van der Waals surface area contributed by atoms with E-state index in [4.69, 9.17) is 4.74 Å². The normalized spacial score (nSPS) is 14.6. The Morgan fingerprint density at radius 1 is 0.897 bits per heavy atom. The molecule has 5 heteroatoms. The van der Waals surface area contributed by atoms with Gasteiger partial charge in [-0.25, -0.2) is 0 Å². The van der Waals surface area contributed by atoms with Gasteiger partial charge in [0, 0.05) is 44.6 Å². The predicted octanol–water partition coefficient (Wildman–Crippen LogP) is 3.44. The number of amides is 1. The van der Waals surface area contributed by atoms with Crippen LogP contribution in [0.2, 0.25) is 0 Å². The molecule has 0 spiro atoms. The number of aryl methyl sites for hydroxylation is 1. The number of hydrogen-bond acceptors (Lipinski definition) is 4. The highest BCUT2D eigenvalue weighted by Gasteiger charge is 2.20. The Kier molecular flexibility index (Phi) is 7.82. The van der Waals surface area contributed by atoms with Crippen molar-refractivity contribution in [1.82, 2.24) is 9.80 Å². The van der Waals surface area contributed by atoms with Crippen molar-refractivity contribution in [3.05, 3.63) is 65.7 Å². The smallest absolute Gasteiger partial charge is 0.222 e. The van der Waals surface area contributed by atoms with Crippen LogP contribution < -0.4 is 4.74 Å². The van der Waals surface area contributed by atoms with E-state index in [1.807, 2.05) is 59.5 Å².